The Bertz CT molecular complexity index is 875. The number of aromatic hydroxyl groups is 2. The van der Waals surface area contributed by atoms with Crippen molar-refractivity contribution in [1.29, 1.82) is 0 Å². The van der Waals surface area contributed by atoms with Gasteiger partial charge in [-0.1, -0.05) is 0 Å². The zero-order chi connectivity index (χ0) is 13.9. The molecule has 5 nitrogen and oxygen atoms in total. The molecule has 4 N–H and O–H groups in total. The lowest BCUT2D eigenvalue weighted by molar-refractivity contribution is 0.403. The first-order chi connectivity index (χ1) is 9.61. The third-order valence-electron chi connectivity index (χ3n) is 3.61. The summed E-state index contributed by atoms with van der Waals surface area (Å²) in [4.78, 5) is 8.77. The second-order valence-corrected chi connectivity index (χ2v) is 4.95. The number of aromatic nitrogens is 2. The summed E-state index contributed by atoms with van der Waals surface area (Å²) in [6, 6.07) is 8.79. The number of anilines is 1. The van der Waals surface area contributed by atoms with E-state index < -0.39 is 0 Å². The van der Waals surface area contributed by atoms with Crippen molar-refractivity contribution in [2.24, 2.45) is 0 Å². The van der Waals surface area contributed by atoms with Crippen LogP contribution in [0.2, 0.25) is 0 Å². The van der Waals surface area contributed by atoms with Crippen LogP contribution >= 0.6 is 0 Å². The summed E-state index contributed by atoms with van der Waals surface area (Å²) in [7, 11) is 0. The van der Waals surface area contributed by atoms with Gasteiger partial charge in [0.2, 0.25) is 0 Å². The summed E-state index contributed by atoms with van der Waals surface area (Å²) in [5.74, 6) is 0.180. The van der Waals surface area contributed by atoms with E-state index in [9.17, 15) is 10.2 Å². The number of hydrogen-bond acceptors (Lipinski definition) is 5. The van der Waals surface area contributed by atoms with Crippen molar-refractivity contribution in [1.82, 2.24) is 9.97 Å². The number of hydrogen-bond donors (Lipinski definition) is 3. The zero-order valence-corrected chi connectivity index (χ0v) is 10.5. The van der Waals surface area contributed by atoms with Crippen LogP contribution in [-0.2, 0) is 6.42 Å². The van der Waals surface area contributed by atoms with E-state index >= 15 is 0 Å². The molecule has 0 saturated heterocycles. The molecule has 1 aromatic carbocycles. The predicted octanol–water partition coefficient (Wildman–Crippen LogP) is 2.19. The van der Waals surface area contributed by atoms with Gasteiger partial charge in [-0.15, -0.1) is 0 Å². The molecule has 5 heteroatoms. The van der Waals surface area contributed by atoms with Crippen LogP contribution in [0.3, 0.4) is 0 Å². The second kappa shape index (κ2) is 3.60. The van der Waals surface area contributed by atoms with E-state index in [0.29, 0.717) is 17.9 Å². The molecule has 3 aromatic rings. The fourth-order valence-electron chi connectivity index (χ4n) is 2.67. The van der Waals surface area contributed by atoms with Crippen molar-refractivity contribution in [3.8, 4) is 22.8 Å². The molecule has 2 heterocycles. The molecule has 0 fully saturated rings. The molecular weight excluding hydrogens is 254 g/mol. The van der Waals surface area contributed by atoms with Crippen molar-refractivity contribution in [3.05, 3.63) is 41.5 Å². The maximum atomic E-state index is 9.65. The summed E-state index contributed by atoms with van der Waals surface area (Å²) in [6.07, 6.45) is 0.686. The Morgan fingerprint density at radius 1 is 0.950 bits per heavy atom. The molecule has 0 radical (unpaired) electrons. The van der Waals surface area contributed by atoms with Crippen molar-refractivity contribution < 1.29 is 10.2 Å². The van der Waals surface area contributed by atoms with Gasteiger partial charge in [-0.2, -0.15) is 0 Å². The minimum absolute atomic E-state index is 0.108. The SMILES string of the molecule is Nc1ccc2cc3c(nc2n1)-c1cc(O)c(O)cc1C3. The Hall–Kier alpha value is -2.82. The Morgan fingerprint density at radius 2 is 1.75 bits per heavy atom. The summed E-state index contributed by atoms with van der Waals surface area (Å²) < 4.78 is 0. The smallest absolute Gasteiger partial charge is 0.162 e. The molecule has 0 spiro atoms. The summed E-state index contributed by atoms with van der Waals surface area (Å²) in [6.45, 7) is 0. The average molecular weight is 265 g/mol. The third kappa shape index (κ3) is 1.43. The van der Waals surface area contributed by atoms with E-state index in [1.54, 1.807) is 18.2 Å². The number of nitrogens with two attached hydrogens (primary N) is 1. The van der Waals surface area contributed by atoms with Crippen LogP contribution in [-0.4, -0.2) is 20.2 Å². The van der Waals surface area contributed by atoms with Crippen molar-refractivity contribution in [2.75, 3.05) is 5.73 Å². The molecule has 4 rings (SSSR count). The monoisotopic (exact) mass is 265 g/mol. The number of nitrogens with zero attached hydrogens (tertiary/aromatic N) is 2. The van der Waals surface area contributed by atoms with E-state index in [-0.39, 0.29) is 11.5 Å². The van der Waals surface area contributed by atoms with Crippen molar-refractivity contribution >= 4 is 16.9 Å². The maximum absolute atomic E-state index is 9.65. The van der Waals surface area contributed by atoms with Crippen LogP contribution in [0.15, 0.2) is 30.3 Å². The van der Waals surface area contributed by atoms with E-state index in [1.807, 2.05) is 12.1 Å². The van der Waals surface area contributed by atoms with E-state index in [0.717, 1.165) is 27.8 Å². The summed E-state index contributed by atoms with van der Waals surface area (Å²) in [5, 5.41) is 20.2. The molecule has 1 aliphatic rings. The van der Waals surface area contributed by atoms with E-state index in [4.69, 9.17) is 5.73 Å². The fraction of sp³-hybridized carbons (Fsp3) is 0.0667. The Morgan fingerprint density at radius 3 is 2.60 bits per heavy atom. The lowest BCUT2D eigenvalue weighted by atomic mass is 10.1. The number of nitrogen functional groups attached to an aromatic ring is 1. The highest BCUT2D eigenvalue weighted by Crippen LogP contribution is 2.41. The lowest BCUT2D eigenvalue weighted by Crippen LogP contribution is -1.94. The summed E-state index contributed by atoms with van der Waals surface area (Å²) >= 11 is 0. The number of rotatable bonds is 0. The maximum Gasteiger partial charge on any atom is 0.162 e. The molecule has 0 unspecified atom stereocenters. The average Bonchev–Trinajstić information content (AvgIpc) is 2.74. The Labute approximate surface area is 114 Å². The molecule has 2 aromatic heterocycles. The number of fused-ring (bicyclic) bond motifs is 4. The Balaban J connectivity index is 2.02. The second-order valence-electron chi connectivity index (χ2n) is 4.95. The topological polar surface area (TPSA) is 92.3 Å². The Kier molecular flexibility index (Phi) is 1.99. The first-order valence-corrected chi connectivity index (χ1v) is 6.23. The van der Waals surface area contributed by atoms with Crippen LogP contribution in [0.25, 0.3) is 22.3 Å². The van der Waals surface area contributed by atoms with Gasteiger partial charge in [0.05, 0.1) is 5.69 Å². The lowest BCUT2D eigenvalue weighted by Gasteiger charge is -2.04. The van der Waals surface area contributed by atoms with Crippen LogP contribution in [0.4, 0.5) is 5.82 Å². The molecule has 0 bridgehead atoms. The molecule has 0 aliphatic heterocycles. The van der Waals surface area contributed by atoms with Gasteiger partial charge in [-0.25, -0.2) is 9.97 Å². The van der Waals surface area contributed by atoms with Crippen LogP contribution in [0.1, 0.15) is 11.1 Å². The van der Waals surface area contributed by atoms with Gasteiger partial charge in [0.25, 0.3) is 0 Å². The predicted molar refractivity (Wildman–Crippen MR) is 75.5 cm³/mol. The highest BCUT2D eigenvalue weighted by Gasteiger charge is 2.23. The van der Waals surface area contributed by atoms with Gasteiger partial charge >= 0.3 is 0 Å². The minimum Gasteiger partial charge on any atom is -0.504 e. The molecular formula is C15H11N3O2. The normalized spacial score (nSPS) is 12.4. The van der Waals surface area contributed by atoms with Crippen LogP contribution in [0.5, 0.6) is 11.5 Å². The summed E-state index contributed by atoms with van der Waals surface area (Å²) in [5.41, 5.74) is 9.91. The number of benzene rings is 1. The van der Waals surface area contributed by atoms with Gasteiger partial charge in [0, 0.05) is 17.4 Å². The van der Waals surface area contributed by atoms with Gasteiger partial charge in [-0.3, -0.25) is 0 Å². The first-order valence-electron chi connectivity index (χ1n) is 6.23. The van der Waals surface area contributed by atoms with Gasteiger partial charge in [-0.05, 0) is 41.5 Å². The van der Waals surface area contributed by atoms with Crippen molar-refractivity contribution in [3.63, 3.8) is 0 Å². The first kappa shape index (κ1) is 11.0. The molecule has 98 valence electrons. The van der Waals surface area contributed by atoms with E-state index in [2.05, 4.69) is 9.97 Å². The van der Waals surface area contributed by atoms with Crippen molar-refractivity contribution in [2.45, 2.75) is 6.42 Å². The number of phenols is 2. The molecule has 0 amide bonds. The van der Waals surface area contributed by atoms with Gasteiger partial charge < -0.3 is 15.9 Å². The quantitative estimate of drug-likeness (QED) is 0.424. The standard InChI is InChI=1S/C15H11N3O2/c16-13-2-1-7-3-9-4-8-5-11(19)12(20)6-10(8)14(9)18-15(7)17-13/h1-3,5-6,19-20H,4H2,(H2,16,17,18). The zero-order valence-electron chi connectivity index (χ0n) is 10.5. The van der Waals surface area contributed by atoms with Crippen LogP contribution in [0, 0.1) is 0 Å². The minimum atomic E-state index is -0.140. The molecule has 0 saturated carbocycles. The molecule has 1 aliphatic carbocycles. The molecule has 0 atom stereocenters. The molecule has 20 heavy (non-hydrogen) atoms. The number of pyridine rings is 2. The largest absolute Gasteiger partial charge is 0.504 e. The fourth-order valence-corrected chi connectivity index (χ4v) is 2.67. The number of phenolic OH excluding ortho intramolecular Hbond substituents is 2. The van der Waals surface area contributed by atoms with E-state index in [1.165, 1.54) is 0 Å². The highest BCUT2D eigenvalue weighted by atomic mass is 16.3. The van der Waals surface area contributed by atoms with Gasteiger partial charge in [0.1, 0.15) is 5.82 Å². The van der Waals surface area contributed by atoms with Gasteiger partial charge in [0.15, 0.2) is 17.1 Å². The highest BCUT2D eigenvalue weighted by molar-refractivity contribution is 5.85. The van der Waals surface area contributed by atoms with Crippen LogP contribution < -0.4 is 5.73 Å². The third-order valence-corrected chi connectivity index (χ3v) is 3.61.